The highest BCUT2D eigenvalue weighted by Gasteiger charge is 2.19. The molecule has 1 saturated heterocycles. The van der Waals surface area contributed by atoms with E-state index in [1.54, 1.807) is 4.90 Å². The molecule has 9 heteroatoms. The molecule has 0 aromatic carbocycles. The van der Waals surface area contributed by atoms with Gasteiger partial charge in [-0.1, -0.05) is 0 Å². The van der Waals surface area contributed by atoms with Gasteiger partial charge in [-0.25, -0.2) is 4.98 Å². The summed E-state index contributed by atoms with van der Waals surface area (Å²) < 4.78 is 11.4. The molecular weight excluding hydrogens is 346 g/mol. The van der Waals surface area contributed by atoms with Crippen molar-refractivity contribution in [1.82, 2.24) is 14.5 Å². The molecule has 25 heavy (non-hydrogen) atoms. The highest BCUT2D eigenvalue weighted by atomic mass is 32.1. The lowest BCUT2D eigenvalue weighted by atomic mass is 10.2. The smallest absolute Gasteiger partial charge is 0.326 e. The normalized spacial score (nSPS) is 14.7. The summed E-state index contributed by atoms with van der Waals surface area (Å²) in [7, 11) is 0. The van der Waals surface area contributed by atoms with E-state index in [9.17, 15) is 14.4 Å². The standard InChI is InChI=1S/C16H19N3O5S/c1-10-11(2)25-15-14(10)16(22)19(9-17-15)7-13(21)24-8-12(20)18-3-5-23-6-4-18/h9H,3-8H2,1-2H3. The van der Waals surface area contributed by atoms with Gasteiger partial charge in [0.15, 0.2) is 6.61 Å². The number of hydrogen-bond donors (Lipinski definition) is 0. The van der Waals surface area contributed by atoms with Crippen LogP contribution in [0.2, 0.25) is 0 Å². The monoisotopic (exact) mass is 365 g/mol. The number of ether oxygens (including phenoxy) is 2. The number of aryl methyl sites for hydroxylation is 2. The molecule has 0 unspecified atom stereocenters. The van der Waals surface area contributed by atoms with Crippen LogP contribution < -0.4 is 5.56 Å². The molecule has 8 nitrogen and oxygen atoms in total. The van der Waals surface area contributed by atoms with Gasteiger partial charge in [-0.2, -0.15) is 0 Å². The topological polar surface area (TPSA) is 90.7 Å². The molecule has 3 rings (SSSR count). The SMILES string of the molecule is Cc1sc2ncn(CC(=O)OCC(=O)N3CCOCC3)c(=O)c2c1C. The van der Waals surface area contributed by atoms with Crippen LogP contribution in [0.1, 0.15) is 10.4 Å². The molecule has 1 fully saturated rings. The Morgan fingerprint density at radius 2 is 2.04 bits per heavy atom. The van der Waals surface area contributed by atoms with Crippen molar-refractivity contribution in [2.75, 3.05) is 32.9 Å². The summed E-state index contributed by atoms with van der Waals surface area (Å²) >= 11 is 1.45. The number of hydrogen-bond acceptors (Lipinski definition) is 7. The van der Waals surface area contributed by atoms with Gasteiger partial charge < -0.3 is 14.4 Å². The van der Waals surface area contributed by atoms with Crippen molar-refractivity contribution in [1.29, 1.82) is 0 Å². The summed E-state index contributed by atoms with van der Waals surface area (Å²) in [6.45, 7) is 5.14. The predicted octanol–water partition coefficient (Wildman–Crippen LogP) is 0.477. The van der Waals surface area contributed by atoms with Crippen LogP contribution in [-0.2, 0) is 25.6 Å². The number of esters is 1. The molecule has 134 valence electrons. The molecule has 0 saturated carbocycles. The number of thiophene rings is 1. The van der Waals surface area contributed by atoms with Gasteiger partial charge in [0, 0.05) is 18.0 Å². The maximum absolute atomic E-state index is 12.5. The molecular formula is C16H19N3O5S. The van der Waals surface area contributed by atoms with Crippen molar-refractivity contribution in [3.63, 3.8) is 0 Å². The van der Waals surface area contributed by atoms with Crippen LogP contribution in [0.4, 0.5) is 0 Å². The van der Waals surface area contributed by atoms with Crippen molar-refractivity contribution in [2.45, 2.75) is 20.4 Å². The largest absolute Gasteiger partial charge is 0.454 e. The lowest BCUT2D eigenvalue weighted by molar-refractivity contribution is -0.154. The third-order valence-electron chi connectivity index (χ3n) is 4.18. The minimum atomic E-state index is -0.644. The second-order valence-corrected chi connectivity index (χ2v) is 7.00. The number of amides is 1. The number of carbonyl (C=O) groups excluding carboxylic acids is 2. The van der Waals surface area contributed by atoms with E-state index in [-0.39, 0.29) is 24.6 Å². The first-order chi connectivity index (χ1) is 12.0. The van der Waals surface area contributed by atoms with E-state index in [4.69, 9.17) is 9.47 Å². The molecule has 0 bridgehead atoms. The highest BCUT2D eigenvalue weighted by molar-refractivity contribution is 7.18. The number of carbonyl (C=O) groups is 2. The molecule has 0 spiro atoms. The second-order valence-electron chi connectivity index (χ2n) is 5.79. The van der Waals surface area contributed by atoms with Gasteiger partial charge in [-0.05, 0) is 19.4 Å². The van der Waals surface area contributed by atoms with Crippen LogP contribution in [0.5, 0.6) is 0 Å². The number of nitrogens with zero attached hydrogens (tertiary/aromatic N) is 3. The third-order valence-corrected chi connectivity index (χ3v) is 5.29. The van der Waals surface area contributed by atoms with Crippen molar-refractivity contribution >= 4 is 33.4 Å². The zero-order valence-corrected chi connectivity index (χ0v) is 14.9. The molecule has 0 N–H and O–H groups in total. The summed E-state index contributed by atoms with van der Waals surface area (Å²) in [5, 5.41) is 0.530. The molecule has 2 aromatic heterocycles. The van der Waals surface area contributed by atoms with Gasteiger partial charge in [-0.15, -0.1) is 11.3 Å². The molecule has 2 aromatic rings. The molecule has 0 aliphatic carbocycles. The number of aromatic nitrogens is 2. The number of rotatable bonds is 4. The lowest BCUT2D eigenvalue weighted by Crippen LogP contribution is -2.43. The van der Waals surface area contributed by atoms with Crippen LogP contribution in [-0.4, -0.2) is 59.2 Å². The predicted molar refractivity (Wildman–Crippen MR) is 91.7 cm³/mol. The summed E-state index contributed by atoms with van der Waals surface area (Å²) in [5.41, 5.74) is 0.603. The van der Waals surface area contributed by atoms with Crippen molar-refractivity contribution < 1.29 is 19.1 Å². The first kappa shape index (κ1) is 17.6. The van der Waals surface area contributed by atoms with E-state index in [2.05, 4.69) is 4.98 Å². The number of fused-ring (bicyclic) bond motifs is 1. The zero-order valence-electron chi connectivity index (χ0n) is 14.1. The van der Waals surface area contributed by atoms with Gasteiger partial charge in [0.25, 0.3) is 11.5 Å². The van der Waals surface area contributed by atoms with E-state index < -0.39 is 5.97 Å². The fourth-order valence-corrected chi connectivity index (χ4v) is 3.60. The van der Waals surface area contributed by atoms with Gasteiger partial charge in [-0.3, -0.25) is 19.0 Å². The van der Waals surface area contributed by atoms with Crippen LogP contribution in [0, 0.1) is 13.8 Å². The maximum atomic E-state index is 12.5. The Hall–Kier alpha value is -2.26. The van der Waals surface area contributed by atoms with E-state index in [0.29, 0.717) is 36.5 Å². The maximum Gasteiger partial charge on any atom is 0.326 e. The van der Waals surface area contributed by atoms with Crippen LogP contribution in [0.3, 0.4) is 0 Å². The van der Waals surface area contributed by atoms with Crippen LogP contribution >= 0.6 is 11.3 Å². The number of morpholine rings is 1. The van der Waals surface area contributed by atoms with Gasteiger partial charge in [0.2, 0.25) is 0 Å². The van der Waals surface area contributed by atoms with Crippen molar-refractivity contribution in [3.8, 4) is 0 Å². The Morgan fingerprint density at radius 1 is 1.32 bits per heavy atom. The Kier molecular flexibility index (Phi) is 5.14. The molecule has 3 heterocycles. The summed E-state index contributed by atoms with van der Waals surface area (Å²) in [6.07, 6.45) is 1.34. The average molecular weight is 365 g/mol. The average Bonchev–Trinajstić information content (AvgIpc) is 2.91. The molecule has 1 aliphatic heterocycles. The second kappa shape index (κ2) is 7.32. The fraction of sp³-hybridized carbons (Fsp3) is 0.500. The van der Waals surface area contributed by atoms with Crippen molar-refractivity contribution in [2.24, 2.45) is 0 Å². The lowest BCUT2D eigenvalue weighted by Gasteiger charge is -2.26. The van der Waals surface area contributed by atoms with Crippen molar-refractivity contribution in [3.05, 3.63) is 27.1 Å². The third kappa shape index (κ3) is 3.72. The van der Waals surface area contributed by atoms with Crippen LogP contribution in [0.25, 0.3) is 10.2 Å². The Labute approximate surface area is 148 Å². The van der Waals surface area contributed by atoms with Gasteiger partial charge >= 0.3 is 5.97 Å². The Morgan fingerprint density at radius 3 is 2.76 bits per heavy atom. The Balaban J connectivity index is 1.64. The fourth-order valence-electron chi connectivity index (χ4n) is 2.61. The van der Waals surface area contributed by atoms with Gasteiger partial charge in [0.1, 0.15) is 11.4 Å². The first-order valence-electron chi connectivity index (χ1n) is 7.93. The summed E-state index contributed by atoms with van der Waals surface area (Å²) in [6, 6.07) is 0. The quantitative estimate of drug-likeness (QED) is 0.732. The molecule has 1 aliphatic rings. The van der Waals surface area contributed by atoms with E-state index in [0.717, 1.165) is 10.4 Å². The Bertz CT molecular complexity index is 867. The highest BCUT2D eigenvalue weighted by Crippen LogP contribution is 2.25. The summed E-state index contributed by atoms with van der Waals surface area (Å²) in [5.74, 6) is -0.906. The minimum absolute atomic E-state index is 0.262. The minimum Gasteiger partial charge on any atom is -0.454 e. The van der Waals surface area contributed by atoms with Crippen LogP contribution in [0.15, 0.2) is 11.1 Å². The first-order valence-corrected chi connectivity index (χ1v) is 8.75. The molecule has 1 amide bonds. The molecule has 0 radical (unpaired) electrons. The van der Waals surface area contributed by atoms with Gasteiger partial charge in [0.05, 0.1) is 24.9 Å². The van der Waals surface area contributed by atoms with E-state index in [1.807, 2.05) is 13.8 Å². The van der Waals surface area contributed by atoms with E-state index >= 15 is 0 Å². The van der Waals surface area contributed by atoms with E-state index in [1.165, 1.54) is 22.2 Å². The zero-order chi connectivity index (χ0) is 18.0. The summed E-state index contributed by atoms with van der Waals surface area (Å²) in [4.78, 5) is 44.0. The molecule has 0 atom stereocenters.